The number of rotatable bonds is 1. The van der Waals surface area contributed by atoms with Gasteiger partial charge in [0.15, 0.2) is 0 Å². The number of halogens is 1. The van der Waals surface area contributed by atoms with Crippen molar-refractivity contribution in [1.29, 1.82) is 0 Å². The fourth-order valence-corrected chi connectivity index (χ4v) is 1.53. The average molecular weight is 250 g/mol. The molecule has 0 unspecified atom stereocenters. The first-order valence-electron chi connectivity index (χ1n) is 4.74. The predicted octanol–water partition coefficient (Wildman–Crippen LogP) is 0.558. The van der Waals surface area contributed by atoms with Crippen molar-refractivity contribution in [2.24, 2.45) is 0 Å². The Labute approximate surface area is 102 Å². The second-order valence-electron chi connectivity index (χ2n) is 3.15. The average Bonchev–Trinajstić information content (AvgIpc) is 2.74. The van der Waals surface area contributed by atoms with E-state index in [-0.39, 0.29) is 12.3 Å². The van der Waals surface area contributed by atoms with Crippen LogP contribution in [0.15, 0.2) is 29.3 Å². The number of hydrogen-bond donors (Lipinski definition) is 2. The lowest BCUT2D eigenvalue weighted by Crippen LogP contribution is -2.15. The minimum Gasteiger partial charge on any atom is -0.384 e. The number of benzene rings is 1. The van der Waals surface area contributed by atoms with Gasteiger partial charge in [-0.05, 0) is 18.2 Å². The Morgan fingerprint density at radius 2 is 2.35 bits per heavy atom. The summed E-state index contributed by atoms with van der Waals surface area (Å²) < 4.78 is 1.30. The molecule has 5 nitrogen and oxygen atoms in total. The summed E-state index contributed by atoms with van der Waals surface area (Å²) in [6.07, 6.45) is 1.35. The largest absolute Gasteiger partial charge is 0.384 e. The molecule has 0 radical (unpaired) electrons. The Morgan fingerprint density at radius 1 is 1.53 bits per heavy atom. The van der Waals surface area contributed by atoms with Gasteiger partial charge in [0.1, 0.15) is 12.9 Å². The lowest BCUT2D eigenvalue weighted by molar-refractivity contribution is 0.350. The van der Waals surface area contributed by atoms with Crippen LogP contribution in [0, 0.1) is 11.8 Å². The van der Waals surface area contributed by atoms with Crippen molar-refractivity contribution in [2.45, 2.75) is 0 Å². The monoisotopic (exact) mass is 249 g/mol. The third kappa shape index (κ3) is 2.38. The molecule has 2 aromatic rings. The third-order valence-corrected chi connectivity index (χ3v) is 2.31. The highest BCUT2D eigenvalue weighted by Gasteiger charge is 2.06. The molecule has 1 heterocycles. The molecular formula is C11H8ClN3O2. The van der Waals surface area contributed by atoms with Crippen LogP contribution >= 0.6 is 11.6 Å². The molecule has 0 saturated carbocycles. The maximum atomic E-state index is 11.5. The number of aliphatic hydroxyl groups excluding tert-OH is 1. The molecule has 0 amide bonds. The molecule has 0 aliphatic heterocycles. The first-order chi connectivity index (χ1) is 8.22. The Kier molecular flexibility index (Phi) is 3.28. The molecule has 2 N–H and O–H groups in total. The second-order valence-corrected chi connectivity index (χ2v) is 3.59. The van der Waals surface area contributed by atoms with Crippen molar-refractivity contribution in [3.05, 3.63) is 45.6 Å². The van der Waals surface area contributed by atoms with Crippen LogP contribution in [-0.2, 0) is 0 Å². The molecular weight excluding hydrogens is 242 g/mol. The van der Waals surface area contributed by atoms with Crippen LogP contribution in [0.25, 0.3) is 5.69 Å². The summed E-state index contributed by atoms with van der Waals surface area (Å²) in [5.74, 6) is 5.27. The van der Waals surface area contributed by atoms with Gasteiger partial charge in [-0.3, -0.25) is 0 Å². The fourth-order valence-electron chi connectivity index (χ4n) is 1.36. The van der Waals surface area contributed by atoms with Crippen LogP contribution in [0.3, 0.4) is 0 Å². The Balaban J connectivity index is 2.63. The fraction of sp³-hybridized carbons (Fsp3) is 0.0909. The number of hydrogen-bond acceptors (Lipinski definition) is 3. The molecule has 0 fully saturated rings. The van der Waals surface area contributed by atoms with E-state index in [1.807, 2.05) is 0 Å². The molecule has 0 aliphatic carbocycles. The number of nitrogens with one attached hydrogen (secondary N) is 1. The smallest absolute Gasteiger partial charge is 0.347 e. The molecule has 1 aromatic carbocycles. The van der Waals surface area contributed by atoms with E-state index >= 15 is 0 Å². The lowest BCUT2D eigenvalue weighted by atomic mass is 10.2. The normalized spacial score (nSPS) is 9.76. The van der Waals surface area contributed by atoms with Gasteiger partial charge in [0.05, 0.1) is 5.69 Å². The van der Waals surface area contributed by atoms with Crippen LogP contribution < -0.4 is 5.69 Å². The van der Waals surface area contributed by atoms with Crippen LogP contribution in [0.1, 0.15) is 5.56 Å². The third-order valence-electron chi connectivity index (χ3n) is 2.07. The molecule has 0 atom stereocenters. The minimum absolute atomic E-state index is 0.248. The van der Waals surface area contributed by atoms with Gasteiger partial charge < -0.3 is 5.11 Å². The zero-order valence-electron chi connectivity index (χ0n) is 8.64. The maximum absolute atomic E-state index is 11.5. The van der Waals surface area contributed by atoms with Gasteiger partial charge in [-0.1, -0.05) is 23.4 Å². The van der Waals surface area contributed by atoms with Crippen molar-refractivity contribution < 1.29 is 5.11 Å². The Bertz CT molecular complexity index is 648. The van der Waals surface area contributed by atoms with Gasteiger partial charge in [0.25, 0.3) is 0 Å². The number of aromatic nitrogens is 3. The Morgan fingerprint density at radius 3 is 3.00 bits per heavy atom. The van der Waals surface area contributed by atoms with E-state index in [9.17, 15) is 4.79 Å². The highest BCUT2D eigenvalue weighted by molar-refractivity contribution is 6.30. The highest BCUT2D eigenvalue weighted by Crippen LogP contribution is 2.17. The highest BCUT2D eigenvalue weighted by atomic mass is 35.5. The minimum atomic E-state index is -0.376. The van der Waals surface area contributed by atoms with Crippen LogP contribution in [0.4, 0.5) is 0 Å². The summed E-state index contributed by atoms with van der Waals surface area (Å²) >= 11 is 5.88. The summed E-state index contributed by atoms with van der Waals surface area (Å²) in [5, 5.41) is 15.1. The molecule has 17 heavy (non-hydrogen) atoms. The van der Waals surface area contributed by atoms with Gasteiger partial charge in [0.2, 0.25) is 0 Å². The van der Waals surface area contributed by atoms with E-state index in [1.54, 1.807) is 18.2 Å². The number of H-pyrrole nitrogens is 1. The van der Waals surface area contributed by atoms with Crippen molar-refractivity contribution in [3.8, 4) is 17.5 Å². The van der Waals surface area contributed by atoms with Gasteiger partial charge in [-0.25, -0.2) is 14.5 Å². The van der Waals surface area contributed by atoms with Crippen molar-refractivity contribution >= 4 is 11.6 Å². The second kappa shape index (κ2) is 4.87. The molecule has 86 valence electrons. The molecule has 2 rings (SSSR count). The van der Waals surface area contributed by atoms with Crippen LogP contribution in [0.5, 0.6) is 0 Å². The first-order valence-corrected chi connectivity index (χ1v) is 5.12. The van der Waals surface area contributed by atoms with E-state index in [1.165, 1.54) is 10.9 Å². The SMILES string of the molecule is O=c1[nH]ncn1-c1cc(Cl)ccc1C#CCO. The molecule has 6 heteroatoms. The van der Waals surface area contributed by atoms with Crippen LogP contribution in [0.2, 0.25) is 5.02 Å². The van der Waals surface area contributed by atoms with E-state index in [0.29, 0.717) is 16.3 Å². The summed E-state index contributed by atoms with van der Waals surface area (Å²) in [5.41, 5.74) is 0.739. The standard InChI is InChI=1S/C11H8ClN3O2/c12-9-4-3-8(2-1-5-16)10(6-9)15-7-13-14-11(15)17/h3-4,6-7,16H,5H2,(H,14,17). The van der Waals surface area contributed by atoms with Gasteiger partial charge in [-0.2, -0.15) is 5.10 Å². The number of aliphatic hydroxyl groups is 1. The molecule has 0 saturated heterocycles. The lowest BCUT2D eigenvalue weighted by Gasteiger charge is -2.04. The topological polar surface area (TPSA) is 70.9 Å². The van der Waals surface area contributed by atoms with Crippen molar-refractivity contribution in [3.63, 3.8) is 0 Å². The van der Waals surface area contributed by atoms with E-state index < -0.39 is 0 Å². The quantitative estimate of drug-likeness (QED) is 0.726. The molecule has 0 aliphatic rings. The predicted molar refractivity (Wildman–Crippen MR) is 63.2 cm³/mol. The molecule has 0 spiro atoms. The van der Waals surface area contributed by atoms with E-state index in [0.717, 1.165) is 0 Å². The number of nitrogens with zero attached hydrogens (tertiary/aromatic N) is 2. The zero-order valence-corrected chi connectivity index (χ0v) is 9.40. The van der Waals surface area contributed by atoms with Gasteiger partial charge in [-0.15, -0.1) is 0 Å². The van der Waals surface area contributed by atoms with Crippen molar-refractivity contribution in [2.75, 3.05) is 6.61 Å². The van der Waals surface area contributed by atoms with E-state index in [4.69, 9.17) is 16.7 Å². The van der Waals surface area contributed by atoms with Crippen molar-refractivity contribution in [1.82, 2.24) is 14.8 Å². The summed E-state index contributed by atoms with van der Waals surface area (Å²) in [7, 11) is 0. The van der Waals surface area contributed by atoms with Crippen LogP contribution in [-0.4, -0.2) is 26.5 Å². The molecule has 1 aromatic heterocycles. The number of aromatic amines is 1. The zero-order chi connectivity index (χ0) is 12.3. The molecule has 0 bridgehead atoms. The van der Waals surface area contributed by atoms with Gasteiger partial charge in [0, 0.05) is 10.6 Å². The van der Waals surface area contributed by atoms with Gasteiger partial charge >= 0.3 is 5.69 Å². The Hall–Kier alpha value is -2.03. The summed E-state index contributed by atoms with van der Waals surface area (Å²) in [6, 6.07) is 4.96. The summed E-state index contributed by atoms with van der Waals surface area (Å²) in [6.45, 7) is -0.248. The first kappa shape index (κ1) is 11.5. The summed E-state index contributed by atoms with van der Waals surface area (Å²) in [4.78, 5) is 11.5. The maximum Gasteiger partial charge on any atom is 0.347 e. The van der Waals surface area contributed by atoms with E-state index in [2.05, 4.69) is 22.0 Å².